The molecule has 0 aliphatic carbocycles. The SMILES string of the molecule is COC(=O)C1=C(C)N=c2sc(=Cc3ccc(OCc4ccccc4Cl)c(Br)c3)c(=O)n2C1c1ccccc1. The summed E-state index contributed by atoms with van der Waals surface area (Å²) in [5.41, 5.74) is 3.15. The highest BCUT2D eigenvalue weighted by atomic mass is 79.9. The summed E-state index contributed by atoms with van der Waals surface area (Å²) in [5, 5.41) is 0.648. The maximum atomic E-state index is 13.7. The molecule has 9 heteroatoms. The summed E-state index contributed by atoms with van der Waals surface area (Å²) in [5.74, 6) is 0.150. The Kier molecular flexibility index (Phi) is 7.65. The third-order valence-corrected chi connectivity index (χ3v) is 8.11. The number of hydrogen-bond donors (Lipinski definition) is 0. The van der Waals surface area contributed by atoms with Crippen molar-refractivity contribution in [3.8, 4) is 5.75 Å². The Labute approximate surface area is 236 Å². The fourth-order valence-electron chi connectivity index (χ4n) is 4.29. The van der Waals surface area contributed by atoms with Crippen LogP contribution in [0.25, 0.3) is 6.08 Å². The molecule has 1 aromatic heterocycles. The van der Waals surface area contributed by atoms with Gasteiger partial charge in [-0.15, -0.1) is 0 Å². The molecule has 192 valence electrons. The molecule has 3 aromatic carbocycles. The van der Waals surface area contributed by atoms with Crippen molar-refractivity contribution >= 4 is 50.9 Å². The second-order valence-electron chi connectivity index (χ2n) is 8.55. The van der Waals surface area contributed by atoms with Crippen LogP contribution in [0.1, 0.15) is 29.7 Å². The Morgan fingerprint density at radius 3 is 2.58 bits per heavy atom. The molecule has 0 spiro atoms. The van der Waals surface area contributed by atoms with Crippen molar-refractivity contribution in [1.82, 2.24) is 4.57 Å². The topological polar surface area (TPSA) is 69.9 Å². The lowest BCUT2D eigenvalue weighted by Crippen LogP contribution is -2.39. The number of hydrogen-bond acceptors (Lipinski definition) is 6. The lowest BCUT2D eigenvalue weighted by Gasteiger charge is -2.24. The Hall–Kier alpha value is -3.46. The van der Waals surface area contributed by atoms with Gasteiger partial charge in [-0.1, -0.05) is 77.5 Å². The zero-order chi connectivity index (χ0) is 26.8. The van der Waals surface area contributed by atoms with Crippen LogP contribution in [0, 0.1) is 0 Å². The van der Waals surface area contributed by atoms with Crippen LogP contribution in [0.2, 0.25) is 5.02 Å². The molecule has 0 amide bonds. The fraction of sp³-hybridized carbons (Fsp3) is 0.138. The molecule has 0 N–H and O–H groups in total. The molecule has 0 radical (unpaired) electrons. The molecule has 1 aliphatic rings. The fourth-order valence-corrected chi connectivity index (χ4v) is 6.04. The Morgan fingerprint density at radius 1 is 1.13 bits per heavy atom. The average Bonchev–Trinajstić information content (AvgIpc) is 3.22. The number of rotatable bonds is 6. The third kappa shape index (κ3) is 5.12. The number of carbonyl (C=O) groups excluding carboxylic acids is 1. The Bertz CT molecular complexity index is 1740. The third-order valence-electron chi connectivity index (χ3n) is 6.14. The van der Waals surface area contributed by atoms with Gasteiger partial charge in [0.05, 0.1) is 33.4 Å². The number of methoxy groups -OCH3 is 1. The van der Waals surface area contributed by atoms with Crippen LogP contribution in [0.3, 0.4) is 0 Å². The predicted octanol–water partition coefficient (Wildman–Crippen LogP) is 5.40. The van der Waals surface area contributed by atoms with Crippen molar-refractivity contribution in [3.63, 3.8) is 0 Å². The number of aromatic nitrogens is 1. The number of fused-ring (bicyclic) bond motifs is 1. The van der Waals surface area contributed by atoms with Crippen LogP contribution < -0.4 is 19.6 Å². The van der Waals surface area contributed by atoms with Crippen LogP contribution in [0.15, 0.2) is 98.3 Å². The molecule has 1 unspecified atom stereocenters. The van der Waals surface area contributed by atoms with E-state index in [4.69, 9.17) is 21.1 Å². The van der Waals surface area contributed by atoms with Gasteiger partial charge in [-0.2, -0.15) is 0 Å². The van der Waals surface area contributed by atoms with Crippen LogP contribution in [0.5, 0.6) is 5.75 Å². The standard InChI is InChI=1S/C29H22BrClN2O4S/c1-17-25(28(35)36-2)26(19-8-4-3-5-9-19)33-27(34)24(38-29(33)32-17)15-18-12-13-23(21(30)14-18)37-16-20-10-6-7-11-22(20)31/h3-15,26H,16H2,1-2H3. The molecule has 0 saturated heterocycles. The highest BCUT2D eigenvalue weighted by molar-refractivity contribution is 9.10. The summed E-state index contributed by atoms with van der Waals surface area (Å²) in [6, 6.07) is 21.9. The smallest absolute Gasteiger partial charge is 0.338 e. The quantitative estimate of drug-likeness (QED) is 0.275. The van der Waals surface area contributed by atoms with Crippen molar-refractivity contribution in [1.29, 1.82) is 0 Å². The number of thiazole rings is 1. The zero-order valence-corrected chi connectivity index (χ0v) is 23.6. The normalized spacial score (nSPS) is 15.2. The van der Waals surface area contributed by atoms with E-state index < -0.39 is 12.0 Å². The van der Waals surface area contributed by atoms with E-state index in [2.05, 4.69) is 20.9 Å². The van der Waals surface area contributed by atoms with Crippen molar-refractivity contribution in [2.75, 3.05) is 7.11 Å². The second-order valence-corrected chi connectivity index (χ2v) is 10.8. The summed E-state index contributed by atoms with van der Waals surface area (Å²) >= 11 is 11.1. The van der Waals surface area contributed by atoms with Gasteiger partial charge >= 0.3 is 5.97 Å². The van der Waals surface area contributed by atoms with Gasteiger partial charge in [0.25, 0.3) is 5.56 Å². The number of nitrogens with zero attached hydrogens (tertiary/aromatic N) is 2. The zero-order valence-electron chi connectivity index (χ0n) is 20.5. The van der Waals surface area contributed by atoms with Gasteiger partial charge in [-0.3, -0.25) is 9.36 Å². The molecule has 0 saturated carbocycles. The van der Waals surface area contributed by atoms with Gasteiger partial charge in [0, 0.05) is 10.6 Å². The summed E-state index contributed by atoms with van der Waals surface area (Å²) in [6.07, 6.45) is 1.81. The van der Waals surface area contributed by atoms with Crippen LogP contribution in [0.4, 0.5) is 0 Å². The number of benzene rings is 3. The molecule has 38 heavy (non-hydrogen) atoms. The summed E-state index contributed by atoms with van der Waals surface area (Å²) in [6.45, 7) is 2.09. The van der Waals surface area contributed by atoms with Crippen LogP contribution in [-0.4, -0.2) is 17.6 Å². The highest BCUT2D eigenvalue weighted by Crippen LogP contribution is 2.31. The predicted molar refractivity (Wildman–Crippen MR) is 152 cm³/mol. The van der Waals surface area contributed by atoms with E-state index in [1.54, 1.807) is 11.5 Å². The molecule has 1 atom stereocenters. The molecular formula is C29H22BrClN2O4S. The van der Waals surface area contributed by atoms with Crippen molar-refractivity contribution in [3.05, 3.63) is 130 Å². The lowest BCUT2D eigenvalue weighted by molar-refractivity contribution is -0.136. The largest absolute Gasteiger partial charge is 0.488 e. The minimum Gasteiger partial charge on any atom is -0.488 e. The molecule has 4 aromatic rings. The first-order valence-electron chi connectivity index (χ1n) is 11.7. The monoisotopic (exact) mass is 608 g/mol. The molecular weight excluding hydrogens is 588 g/mol. The molecule has 2 heterocycles. The molecule has 0 fully saturated rings. The van der Waals surface area contributed by atoms with Crippen LogP contribution >= 0.6 is 38.9 Å². The van der Waals surface area contributed by atoms with Gasteiger partial charge in [-0.05, 0) is 58.3 Å². The summed E-state index contributed by atoms with van der Waals surface area (Å²) < 4.78 is 13.8. The van der Waals surface area contributed by atoms with Gasteiger partial charge in [-0.25, -0.2) is 9.79 Å². The highest BCUT2D eigenvalue weighted by Gasteiger charge is 2.32. The first-order valence-corrected chi connectivity index (χ1v) is 13.7. The van der Waals surface area contributed by atoms with E-state index in [9.17, 15) is 9.59 Å². The Morgan fingerprint density at radius 2 is 1.87 bits per heavy atom. The van der Waals surface area contributed by atoms with E-state index in [0.717, 1.165) is 21.2 Å². The molecule has 6 nitrogen and oxygen atoms in total. The average molecular weight is 610 g/mol. The molecule has 5 rings (SSSR count). The van der Waals surface area contributed by atoms with Gasteiger partial charge < -0.3 is 9.47 Å². The maximum Gasteiger partial charge on any atom is 0.338 e. The number of allylic oxidation sites excluding steroid dienone is 1. The maximum absolute atomic E-state index is 13.7. The first-order chi connectivity index (χ1) is 18.4. The van der Waals surface area contributed by atoms with Crippen molar-refractivity contribution in [2.45, 2.75) is 19.6 Å². The van der Waals surface area contributed by atoms with Crippen LogP contribution in [-0.2, 0) is 16.1 Å². The minimum absolute atomic E-state index is 0.230. The lowest BCUT2D eigenvalue weighted by atomic mass is 9.96. The molecule has 1 aliphatic heterocycles. The van der Waals surface area contributed by atoms with Gasteiger partial charge in [0.1, 0.15) is 12.4 Å². The Balaban J connectivity index is 1.52. The van der Waals surface area contributed by atoms with E-state index in [-0.39, 0.29) is 5.56 Å². The number of esters is 1. The minimum atomic E-state index is -0.630. The van der Waals surface area contributed by atoms with Gasteiger partial charge in [0.15, 0.2) is 4.80 Å². The van der Waals surface area contributed by atoms with Crippen molar-refractivity contribution < 1.29 is 14.3 Å². The number of halogens is 2. The van der Waals surface area contributed by atoms with E-state index in [0.29, 0.717) is 38.0 Å². The first kappa shape index (κ1) is 26.2. The summed E-state index contributed by atoms with van der Waals surface area (Å²) in [4.78, 5) is 31.5. The van der Waals surface area contributed by atoms with Gasteiger partial charge in [0.2, 0.25) is 0 Å². The van der Waals surface area contributed by atoms with Crippen molar-refractivity contribution in [2.24, 2.45) is 4.99 Å². The van der Waals surface area contributed by atoms with E-state index in [1.807, 2.05) is 78.9 Å². The van der Waals surface area contributed by atoms with E-state index >= 15 is 0 Å². The number of carbonyl (C=O) groups is 1. The van der Waals surface area contributed by atoms with E-state index in [1.165, 1.54) is 18.4 Å². The second kappa shape index (κ2) is 11.1. The molecule has 0 bridgehead atoms. The number of ether oxygens (including phenoxy) is 2. The summed E-state index contributed by atoms with van der Waals surface area (Å²) in [7, 11) is 1.33.